The Kier molecular flexibility index (Phi) is 4.31. The molecule has 1 aliphatic carbocycles. The fourth-order valence-electron chi connectivity index (χ4n) is 1.24. The molecule has 0 radical (unpaired) electrons. The van der Waals surface area contributed by atoms with Crippen LogP contribution >= 0.6 is 8.25 Å². The molecule has 2 rings (SSSR count). The molecule has 1 aromatic carbocycles. The van der Waals surface area contributed by atoms with E-state index in [4.69, 9.17) is 14.4 Å². The lowest BCUT2D eigenvalue weighted by Gasteiger charge is -2.06. The highest BCUT2D eigenvalue weighted by molar-refractivity contribution is 7.30. The highest BCUT2D eigenvalue weighted by Crippen LogP contribution is 2.15. The standard InChI is InChI=1S/C10H6O2.H3O3P/c11-9-5-6-10(12)8-4-2-1-3-7(8)9;1-4(2)3/h1-6H;4H,(H2,1,2,3). The van der Waals surface area contributed by atoms with Crippen LogP contribution in [0.25, 0.3) is 0 Å². The van der Waals surface area contributed by atoms with Gasteiger partial charge in [0.1, 0.15) is 0 Å². The summed E-state index contributed by atoms with van der Waals surface area (Å²) in [5.41, 5.74) is 1.01. The molecule has 2 N–H and O–H groups in total. The number of rotatable bonds is 0. The average molecular weight is 240 g/mol. The molecule has 84 valence electrons. The van der Waals surface area contributed by atoms with Gasteiger partial charge in [-0.15, -0.1) is 0 Å². The third-order valence-electron chi connectivity index (χ3n) is 1.84. The predicted octanol–water partition coefficient (Wildman–Crippen LogP) is 0.982. The summed E-state index contributed by atoms with van der Waals surface area (Å²) in [5, 5.41) is 0. The summed E-state index contributed by atoms with van der Waals surface area (Å²) in [6.45, 7) is 0. The number of carbonyl (C=O) groups is 2. The second kappa shape index (κ2) is 5.51. The molecule has 1 aromatic rings. The minimum absolute atomic E-state index is 0.0924. The van der Waals surface area contributed by atoms with Crippen molar-refractivity contribution in [2.24, 2.45) is 0 Å². The summed E-state index contributed by atoms with van der Waals surface area (Å²) in [6.07, 6.45) is 2.62. The van der Waals surface area contributed by atoms with E-state index in [-0.39, 0.29) is 11.6 Å². The minimum Gasteiger partial charge on any atom is -0.326 e. The van der Waals surface area contributed by atoms with E-state index < -0.39 is 8.25 Å². The Morgan fingerprint density at radius 2 is 1.19 bits per heavy atom. The molecule has 0 saturated heterocycles. The average Bonchev–Trinajstić information content (AvgIpc) is 2.23. The smallest absolute Gasteiger partial charge is 0.314 e. The molecular formula is C10H9O5P. The van der Waals surface area contributed by atoms with Gasteiger partial charge in [0.15, 0.2) is 11.6 Å². The van der Waals surface area contributed by atoms with Crippen molar-refractivity contribution in [3.8, 4) is 0 Å². The maximum Gasteiger partial charge on any atom is 0.314 e. The predicted molar refractivity (Wildman–Crippen MR) is 57.7 cm³/mol. The van der Waals surface area contributed by atoms with Gasteiger partial charge in [0.2, 0.25) is 0 Å². The third-order valence-corrected chi connectivity index (χ3v) is 1.84. The summed E-state index contributed by atoms with van der Waals surface area (Å²) in [4.78, 5) is 36.7. The summed E-state index contributed by atoms with van der Waals surface area (Å²) >= 11 is 0. The van der Waals surface area contributed by atoms with Crippen molar-refractivity contribution in [3.05, 3.63) is 47.5 Å². The van der Waals surface area contributed by atoms with E-state index in [0.717, 1.165) is 0 Å². The Morgan fingerprint density at radius 1 is 0.875 bits per heavy atom. The molecule has 0 atom stereocenters. The zero-order chi connectivity index (χ0) is 12.1. The maximum absolute atomic E-state index is 11.2. The first kappa shape index (κ1) is 12.5. The Bertz CT molecular complexity index is 437. The first-order valence-electron chi connectivity index (χ1n) is 4.30. The fourth-order valence-corrected chi connectivity index (χ4v) is 1.24. The number of carbonyl (C=O) groups excluding carboxylic acids is 2. The Hall–Kier alpha value is -1.55. The molecule has 1 aliphatic rings. The maximum atomic E-state index is 11.2. The number of allylic oxidation sites excluding steroid dienone is 2. The normalized spacial score (nSPS) is 13.2. The van der Waals surface area contributed by atoms with E-state index in [1.165, 1.54) is 12.2 Å². The molecule has 5 nitrogen and oxygen atoms in total. The number of fused-ring (bicyclic) bond motifs is 1. The monoisotopic (exact) mass is 240 g/mol. The van der Waals surface area contributed by atoms with Crippen molar-refractivity contribution < 1.29 is 23.9 Å². The molecule has 0 aliphatic heterocycles. The van der Waals surface area contributed by atoms with E-state index in [1.807, 2.05) is 0 Å². The highest BCUT2D eigenvalue weighted by atomic mass is 31.1. The largest absolute Gasteiger partial charge is 0.326 e. The van der Waals surface area contributed by atoms with E-state index in [1.54, 1.807) is 24.3 Å². The van der Waals surface area contributed by atoms with Gasteiger partial charge in [-0.2, -0.15) is 0 Å². The van der Waals surface area contributed by atoms with Crippen molar-refractivity contribution in [1.82, 2.24) is 0 Å². The van der Waals surface area contributed by atoms with Gasteiger partial charge in [0.25, 0.3) is 0 Å². The molecular weight excluding hydrogens is 231 g/mol. The second-order valence-electron chi connectivity index (χ2n) is 2.89. The summed E-state index contributed by atoms with van der Waals surface area (Å²) in [5.74, 6) is -0.185. The summed E-state index contributed by atoms with van der Waals surface area (Å²) in [7, 11) is -3.13. The molecule has 0 unspecified atom stereocenters. The number of benzene rings is 1. The highest BCUT2D eigenvalue weighted by Gasteiger charge is 2.16. The first-order valence-corrected chi connectivity index (χ1v) is 5.60. The Morgan fingerprint density at radius 3 is 1.50 bits per heavy atom. The molecule has 0 amide bonds. The fraction of sp³-hybridized carbons (Fsp3) is 0. The van der Waals surface area contributed by atoms with Crippen LogP contribution in [0.2, 0.25) is 0 Å². The van der Waals surface area contributed by atoms with Crippen LogP contribution in [0.3, 0.4) is 0 Å². The quantitative estimate of drug-likeness (QED) is 0.659. The lowest BCUT2D eigenvalue weighted by atomic mass is 9.95. The van der Waals surface area contributed by atoms with Gasteiger partial charge in [-0.05, 0) is 12.2 Å². The van der Waals surface area contributed by atoms with Crippen LogP contribution in [0.5, 0.6) is 0 Å². The first-order chi connectivity index (χ1) is 7.52. The van der Waals surface area contributed by atoms with Crippen molar-refractivity contribution in [2.45, 2.75) is 0 Å². The molecule has 0 heterocycles. The van der Waals surface area contributed by atoms with Crippen molar-refractivity contribution in [1.29, 1.82) is 0 Å². The molecule has 6 heteroatoms. The van der Waals surface area contributed by atoms with E-state index >= 15 is 0 Å². The summed E-state index contributed by atoms with van der Waals surface area (Å²) < 4.78 is 8.74. The zero-order valence-corrected chi connectivity index (χ0v) is 9.08. The third kappa shape index (κ3) is 3.24. The van der Waals surface area contributed by atoms with Gasteiger partial charge in [0, 0.05) is 11.1 Å². The van der Waals surface area contributed by atoms with Gasteiger partial charge in [-0.1, -0.05) is 24.3 Å². The molecule has 0 aromatic heterocycles. The van der Waals surface area contributed by atoms with Crippen LogP contribution < -0.4 is 0 Å². The molecule has 0 spiro atoms. The van der Waals surface area contributed by atoms with Crippen LogP contribution in [0.4, 0.5) is 0 Å². The van der Waals surface area contributed by atoms with Crippen LogP contribution in [0.15, 0.2) is 36.4 Å². The van der Waals surface area contributed by atoms with Crippen LogP contribution in [0.1, 0.15) is 20.7 Å². The van der Waals surface area contributed by atoms with Crippen LogP contribution in [-0.2, 0) is 4.57 Å². The van der Waals surface area contributed by atoms with Gasteiger partial charge < -0.3 is 9.79 Å². The minimum atomic E-state index is -3.13. The van der Waals surface area contributed by atoms with Crippen molar-refractivity contribution in [3.63, 3.8) is 0 Å². The summed E-state index contributed by atoms with van der Waals surface area (Å²) in [6, 6.07) is 6.84. The van der Waals surface area contributed by atoms with E-state index in [2.05, 4.69) is 0 Å². The lowest BCUT2D eigenvalue weighted by molar-refractivity contribution is 0.0994. The van der Waals surface area contributed by atoms with Gasteiger partial charge >= 0.3 is 8.25 Å². The van der Waals surface area contributed by atoms with Gasteiger partial charge in [0.05, 0.1) is 0 Å². The second-order valence-corrected chi connectivity index (χ2v) is 3.46. The van der Waals surface area contributed by atoms with Gasteiger partial charge in [-0.25, -0.2) is 0 Å². The Balaban J connectivity index is 0.000000280. The van der Waals surface area contributed by atoms with Crippen LogP contribution in [0, 0.1) is 0 Å². The topological polar surface area (TPSA) is 91.7 Å². The van der Waals surface area contributed by atoms with E-state index in [9.17, 15) is 9.59 Å². The Labute approximate surface area is 92.0 Å². The lowest BCUT2D eigenvalue weighted by Crippen LogP contribution is -2.10. The number of ketones is 2. The molecule has 0 bridgehead atoms. The molecule has 16 heavy (non-hydrogen) atoms. The number of hydrogen-bond acceptors (Lipinski definition) is 3. The number of hydrogen-bond donors (Lipinski definition) is 2. The van der Waals surface area contributed by atoms with E-state index in [0.29, 0.717) is 11.1 Å². The molecule has 0 fully saturated rings. The van der Waals surface area contributed by atoms with Crippen molar-refractivity contribution in [2.75, 3.05) is 0 Å². The SMILES string of the molecule is O=C1C=CC(=O)c2ccccc21.O=[PH](O)O. The van der Waals surface area contributed by atoms with Crippen molar-refractivity contribution >= 4 is 19.8 Å². The molecule has 0 saturated carbocycles. The van der Waals surface area contributed by atoms with Crippen LogP contribution in [-0.4, -0.2) is 21.4 Å². The van der Waals surface area contributed by atoms with Gasteiger partial charge in [-0.3, -0.25) is 14.2 Å². The zero-order valence-electron chi connectivity index (χ0n) is 8.08.